The molecule has 0 aromatic heterocycles. The predicted molar refractivity (Wildman–Crippen MR) is 143 cm³/mol. The molecule has 1 saturated heterocycles. The molecule has 20 heteroatoms. The molecule has 2 radical (unpaired) electrons. The van der Waals surface area contributed by atoms with Crippen LogP contribution in [0.3, 0.4) is 0 Å². The minimum atomic E-state index is -1.35. The standard InChI is InChI=1S/2C9H17NO5.C4H6N4O3.Ca/c2*1-9(2,5-11)7(14)8(15)10-4-3-6(12)13;5-3(10)6-1-2(9)8-4(11)7-1;/h2*7,11,14H,3-5H2,1-2H3,(H,10,15)(H,12,13);1H,(H3,5,6,10)(H2,7,8,9,11);/t2*7-;;/m00../s1. The molecule has 0 aromatic carbocycles. The van der Waals surface area contributed by atoms with Gasteiger partial charge in [0.1, 0.15) is 12.2 Å². The maximum absolute atomic E-state index is 11.3. The predicted octanol–water partition coefficient (Wildman–Crippen LogP) is -4.65. The van der Waals surface area contributed by atoms with Gasteiger partial charge in [0.25, 0.3) is 5.91 Å². The molecule has 1 unspecified atom stereocenters. The average Bonchev–Trinajstić information content (AvgIpc) is 3.18. The van der Waals surface area contributed by atoms with E-state index in [1.165, 1.54) is 27.7 Å². The Morgan fingerprint density at radius 2 is 1.19 bits per heavy atom. The zero-order valence-corrected chi connectivity index (χ0v) is 26.0. The molecule has 1 rings (SSSR count). The first-order valence-electron chi connectivity index (χ1n) is 12.0. The van der Waals surface area contributed by atoms with E-state index in [4.69, 9.17) is 26.2 Å². The zero-order valence-electron chi connectivity index (χ0n) is 23.8. The van der Waals surface area contributed by atoms with Crippen LogP contribution in [0.25, 0.3) is 0 Å². The summed E-state index contributed by atoms with van der Waals surface area (Å²) in [5, 5.41) is 64.0. The number of nitrogens with two attached hydrogens (primary N) is 1. The fraction of sp³-hybridized carbons (Fsp3) is 0.682. The Labute approximate surface area is 271 Å². The second-order valence-corrected chi connectivity index (χ2v) is 9.87. The number of primary amides is 1. The Balaban J connectivity index is -0.000000543. The summed E-state index contributed by atoms with van der Waals surface area (Å²) >= 11 is 0. The molecule has 13 N–H and O–H groups in total. The molecule has 0 bridgehead atoms. The van der Waals surface area contributed by atoms with E-state index in [1.54, 1.807) is 0 Å². The fourth-order valence-electron chi connectivity index (χ4n) is 2.32. The van der Waals surface area contributed by atoms with Gasteiger partial charge in [-0.15, -0.1) is 0 Å². The third-order valence-corrected chi connectivity index (χ3v) is 5.13. The van der Waals surface area contributed by atoms with Gasteiger partial charge in [0, 0.05) is 61.7 Å². The van der Waals surface area contributed by atoms with Crippen LogP contribution >= 0.6 is 0 Å². The minimum Gasteiger partial charge on any atom is -0.481 e. The molecule has 7 amide bonds. The van der Waals surface area contributed by atoms with Crippen molar-refractivity contribution >= 4 is 79.5 Å². The van der Waals surface area contributed by atoms with E-state index in [0.717, 1.165) is 0 Å². The van der Waals surface area contributed by atoms with Gasteiger partial charge < -0.3 is 57.6 Å². The minimum absolute atomic E-state index is 0. The fourth-order valence-corrected chi connectivity index (χ4v) is 2.32. The summed E-state index contributed by atoms with van der Waals surface area (Å²) in [6.07, 6.45) is -4.14. The van der Waals surface area contributed by atoms with E-state index in [2.05, 4.69) is 16.0 Å². The smallest absolute Gasteiger partial charge is 0.323 e. The van der Waals surface area contributed by atoms with Crippen LogP contribution in [0.1, 0.15) is 40.5 Å². The normalized spacial score (nSPS) is 15.4. The van der Waals surface area contributed by atoms with Crippen LogP contribution < -0.4 is 32.3 Å². The first-order chi connectivity index (χ1) is 18.7. The van der Waals surface area contributed by atoms with Gasteiger partial charge in [-0.1, -0.05) is 27.7 Å². The second-order valence-electron chi connectivity index (χ2n) is 9.87. The summed E-state index contributed by atoms with van der Waals surface area (Å²) in [4.78, 5) is 74.1. The van der Waals surface area contributed by atoms with E-state index in [9.17, 15) is 43.8 Å². The molecule has 1 aliphatic rings. The summed E-state index contributed by atoms with van der Waals surface area (Å²) in [6.45, 7) is 5.41. The van der Waals surface area contributed by atoms with Crippen LogP contribution in [0.2, 0.25) is 0 Å². The second kappa shape index (κ2) is 21.0. The number of carbonyl (C=O) groups is 7. The number of nitrogens with one attached hydrogen (secondary N) is 5. The summed E-state index contributed by atoms with van der Waals surface area (Å²) in [6, 6.07) is -1.51. The van der Waals surface area contributed by atoms with E-state index in [0.29, 0.717) is 0 Å². The molecule has 0 spiro atoms. The number of urea groups is 2. The SMILES string of the molecule is CC(C)(CO)[C@@H](O)C(=O)NCCC(=O)O.CC(C)(CO)[C@@H](O)C(=O)NCCC(=O)O.NC(=O)NC1NC(=O)NC1=O.[Ca]. The van der Waals surface area contributed by atoms with Gasteiger partial charge in [0.2, 0.25) is 11.8 Å². The maximum atomic E-state index is 11.3. The topological polar surface area (TPSA) is 327 Å². The van der Waals surface area contributed by atoms with Gasteiger partial charge in [-0.25, -0.2) is 9.59 Å². The summed E-state index contributed by atoms with van der Waals surface area (Å²) in [5.74, 6) is -4.00. The van der Waals surface area contributed by atoms with Crippen LogP contribution in [0, 0.1) is 10.8 Å². The number of imide groups is 1. The summed E-state index contributed by atoms with van der Waals surface area (Å²) < 4.78 is 0. The molecule has 0 saturated carbocycles. The van der Waals surface area contributed by atoms with Gasteiger partial charge >= 0.3 is 24.0 Å². The third kappa shape index (κ3) is 18.6. The van der Waals surface area contributed by atoms with Crippen molar-refractivity contribution in [2.75, 3.05) is 26.3 Å². The molecule has 0 aromatic rings. The number of hydrogen-bond acceptors (Lipinski definition) is 11. The Kier molecular flexibility index (Phi) is 21.8. The number of hydrogen-bond donors (Lipinski definition) is 12. The van der Waals surface area contributed by atoms with Crippen molar-refractivity contribution in [3.8, 4) is 0 Å². The molecule has 19 nitrogen and oxygen atoms in total. The molecule has 1 fully saturated rings. The van der Waals surface area contributed by atoms with Crippen molar-refractivity contribution in [1.82, 2.24) is 26.6 Å². The van der Waals surface area contributed by atoms with Crippen molar-refractivity contribution in [3.63, 3.8) is 0 Å². The monoisotopic (exact) mass is 636 g/mol. The quantitative estimate of drug-likeness (QED) is 0.0669. The molecular formula is C22H40CaN6O13. The molecule has 1 aliphatic heterocycles. The van der Waals surface area contributed by atoms with Gasteiger partial charge in [0.15, 0.2) is 6.17 Å². The van der Waals surface area contributed by atoms with E-state index in [-0.39, 0.29) is 76.9 Å². The summed E-state index contributed by atoms with van der Waals surface area (Å²) in [5.41, 5.74) is 2.82. The first kappa shape index (κ1) is 43.6. The number of carboxylic acids is 2. The van der Waals surface area contributed by atoms with Crippen molar-refractivity contribution in [2.24, 2.45) is 16.6 Å². The van der Waals surface area contributed by atoms with Crippen LogP contribution in [-0.4, -0.2) is 155 Å². The molecule has 3 atom stereocenters. The molecule has 238 valence electrons. The van der Waals surface area contributed by atoms with Crippen LogP contribution in [0.5, 0.6) is 0 Å². The Morgan fingerprint density at radius 1 is 0.833 bits per heavy atom. The average molecular weight is 637 g/mol. The first-order valence-corrected chi connectivity index (χ1v) is 12.0. The van der Waals surface area contributed by atoms with E-state index >= 15 is 0 Å². The Morgan fingerprint density at radius 3 is 1.43 bits per heavy atom. The molecule has 0 aliphatic carbocycles. The van der Waals surface area contributed by atoms with Crippen molar-refractivity contribution in [1.29, 1.82) is 0 Å². The number of carboxylic acid groups (broad SMARTS) is 2. The molecule has 1 heterocycles. The van der Waals surface area contributed by atoms with Crippen LogP contribution in [0.15, 0.2) is 0 Å². The summed E-state index contributed by atoms with van der Waals surface area (Å²) in [7, 11) is 0. The third-order valence-electron chi connectivity index (χ3n) is 5.13. The van der Waals surface area contributed by atoms with Gasteiger partial charge in [0.05, 0.1) is 26.1 Å². The maximum Gasteiger partial charge on any atom is 0.323 e. The molecule has 42 heavy (non-hydrogen) atoms. The number of aliphatic carboxylic acids is 2. The van der Waals surface area contributed by atoms with Gasteiger partial charge in [-0.2, -0.15) is 0 Å². The van der Waals surface area contributed by atoms with Crippen molar-refractivity contribution in [3.05, 3.63) is 0 Å². The Bertz CT molecular complexity index is 898. The zero-order chi connectivity index (χ0) is 32.6. The molecular weight excluding hydrogens is 596 g/mol. The van der Waals surface area contributed by atoms with Crippen LogP contribution in [0.4, 0.5) is 9.59 Å². The van der Waals surface area contributed by atoms with Crippen LogP contribution in [-0.2, 0) is 24.0 Å². The van der Waals surface area contributed by atoms with Gasteiger partial charge in [-0.05, 0) is 0 Å². The number of aliphatic hydroxyl groups excluding tert-OH is 4. The number of carbonyl (C=O) groups excluding carboxylic acids is 5. The van der Waals surface area contributed by atoms with E-state index < -0.39 is 70.9 Å². The number of amides is 7. The van der Waals surface area contributed by atoms with E-state index in [1.807, 2.05) is 10.6 Å². The number of rotatable bonds is 13. The number of aliphatic hydroxyl groups is 4. The van der Waals surface area contributed by atoms with Gasteiger partial charge in [-0.3, -0.25) is 29.3 Å². The largest absolute Gasteiger partial charge is 0.481 e. The van der Waals surface area contributed by atoms with Crippen molar-refractivity contribution < 1.29 is 64.2 Å². The Hall–Kier alpha value is -2.81. The van der Waals surface area contributed by atoms with Crippen molar-refractivity contribution in [2.45, 2.75) is 58.9 Å².